The fourth-order valence-electron chi connectivity index (χ4n) is 4.08. The number of nitrogens with zero attached hydrogens (tertiary/aromatic N) is 2. The van der Waals surface area contributed by atoms with Crippen LogP contribution in [0.5, 0.6) is 5.75 Å². The van der Waals surface area contributed by atoms with Crippen molar-refractivity contribution in [3.8, 4) is 5.75 Å². The van der Waals surface area contributed by atoms with Crippen LogP contribution in [0.1, 0.15) is 50.8 Å². The SMILES string of the molecule is Cc1sc(NC(=O)c2ccc([N+](=O)[O-])cc2)nc1CCOc1ccc2c(c1)CC[C@H]2CC(=O)O. The van der Waals surface area contributed by atoms with Crippen LogP contribution in [-0.4, -0.2) is 33.5 Å². The Bertz CT molecular complexity index is 1240. The third-order valence-electron chi connectivity index (χ3n) is 5.80. The highest BCUT2D eigenvalue weighted by Gasteiger charge is 2.25. The quantitative estimate of drug-likeness (QED) is 0.333. The van der Waals surface area contributed by atoms with E-state index in [-0.39, 0.29) is 23.9 Å². The molecule has 1 aliphatic carbocycles. The number of non-ortho nitro benzene ring substituents is 1. The molecule has 0 spiro atoms. The van der Waals surface area contributed by atoms with Gasteiger partial charge in [0.1, 0.15) is 5.75 Å². The standard InChI is InChI=1S/C24H23N3O6S/c1-14-21(25-24(34-14)26-23(30)15-4-6-18(7-5-15)27(31)32)10-11-33-19-8-9-20-16(12-19)2-3-17(20)13-22(28)29/h4-9,12,17H,2-3,10-11,13H2,1H3,(H,28,29)(H,25,26,30)/t17-/m0/s1. The second kappa shape index (κ2) is 10.0. The van der Waals surface area contributed by atoms with Gasteiger partial charge in [0.25, 0.3) is 11.6 Å². The molecule has 1 heterocycles. The number of benzene rings is 2. The Hall–Kier alpha value is -3.79. The molecule has 0 unspecified atom stereocenters. The van der Waals surface area contributed by atoms with E-state index in [0.29, 0.717) is 23.7 Å². The Labute approximate surface area is 199 Å². The van der Waals surface area contributed by atoms with Crippen LogP contribution >= 0.6 is 11.3 Å². The van der Waals surface area contributed by atoms with E-state index >= 15 is 0 Å². The summed E-state index contributed by atoms with van der Waals surface area (Å²) in [4.78, 5) is 39.1. The zero-order chi connectivity index (χ0) is 24.2. The first kappa shape index (κ1) is 23.4. The largest absolute Gasteiger partial charge is 0.493 e. The third-order valence-corrected chi connectivity index (χ3v) is 6.73. The highest BCUT2D eigenvalue weighted by atomic mass is 32.1. The molecular weight excluding hydrogens is 458 g/mol. The van der Waals surface area contributed by atoms with Crippen molar-refractivity contribution < 1.29 is 24.4 Å². The molecule has 1 aliphatic rings. The number of thiazole rings is 1. The van der Waals surface area contributed by atoms with Gasteiger partial charge in [-0.3, -0.25) is 25.0 Å². The lowest BCUT2D eigenvalue weighted by atomic mass is 9.98. The fraction of sp³-hybridized carbons (Fsp3) is 0.292. The van der Waals surface area contributed by atoms with E-state index in [9.17, 15) is 19.7 Å². The van der Waals surface area contributed by atoms with E-state index < -0.39 is 10.9 Å². The Morgan fingerprint density at radius 3 is 2.74 bits per heavy atom. The molecule has 9 nitrogen and oxygen atoms in total. The highest BCUT2D eigenvalue weighted by Crippen LogP contribution is 2.37. The molecule has 2 N–H and O–H groups in total. The molecular formula is C24H23N3O6S. The summed E-state index contributed by atoms with van der Waals surface area (Å²) in [6, 6.07) is 11.2. The Morgan fingerprint density at radius 1 is 1.26 bits per heavy atom. The van der Waals surface area contributed by atoms with Crippen LogP contribution in [0.4, 0.5) is 10.8 Å². The summed E-state index contributed by atoms with van der Waals surface area (Å²) in [6.07, 6.45) is 2.42. The van der Waals surface area contributed by atoms with Gasteiger partial charge in [0, 0.05) is 29.0 Å². The number of aromatic nitrogens is 1. The first-order valence-electron chi connectivity index (χ1n) is 10.8. The number of carboxylic acid groups (broad SMARTS) is 1. The van der Waals surface area contributed by atoms with Crippen LogP contribution in [0.15, 0.2) is 42.5 Å². The van der Waals surface area contributed by atoms with Crippen LogP contribution in [-0.2, 0) is 17.6 Å². The average Bonchev–Trinajstić information content (AvgIpc) is 3.35. The number of fused-ring (bicyclic) bond motifs is 1. The van der Waals surface area contributed by atoms with Gasteiger partial charge >= 0.3 is 5.97 Å². The normalized spacial score (nSPS) is 14.4. The smallest absolute Gasteiger partial charge is 0.303 e. The molecule has 3 aromatic rings. The van der Waals surface area contributed by atoms with Crippen molar-refractivity contribution in [2.75, 3.05) is 11.9 Å². The van der Waals surface area contributed by atoms with Gasteiger partial charge < -0.3 is 9.84 Å². The summed E-state index contributed by atoms with van der Waals surface area (Å²) in [5, 5.41) is 23.0. The van der Waals surface area contributed by atoms with E-state index in [0.717, 1.165) is 40.3 Å². The average molecular weight is 482 g/mol. The number of carbonyl (C=O) groups is 2. The van der Waals surface area contributed by atoms with Crippen molar-refractivity contribution in [2.45, 2.75) is 38.5 Å². The number of carbonyl (C=O) groups excluding carboxylic acids is 1. The van der Waals surface area contributed by atoms with Gasteiger partial charge in [-0.25, -0.2) is 4.98 Å². The molecule has 0 saturated carbocycles. The summed E-state index contributed by atoms with van der Waals surface area (Å²) >= 11 is 1.36. The minimum Gasteiger partial charge on any atom is -0.493 e. The molecule has 4 rings (SSSR count). The molecule has 0 aliphatic heterocycles. The predicted molar refractivity (Wildman–Crippen MR) is 127 cm³/mol. The molecule has 0 fully saturated rings. The summed E-state index contributed by atoms with van der Waals surface area (Å²) < 4.78 is 5.90. The van der Waals surface area contributed by atoms with Crippen LogP contribution < -0.4 is 10.1 Å². The number of aryl methyl sites for hydroxylation is 2. The Balaban J connectivity index is 1.32. The van der Waals surface area contributed by atoms with Crippen molar-refractivity contribution in [1.29, 1.82) is 0 Å². The zero-order valence-corrected chi connectivity index (χ0v) is 19.3. The van der Waals surface area contributed by atoms with Crippen LogP contribution in [0.25, 0.3) is 0 Å². The maximum Gasteiger partial charge on any atom is 0.303 e. The molecule has 34 heavy (non-hydrogen) atoms. The first-order chi connectivity index (χ1) is 16.3. The lowest BCUT2D eigenvalue weighted by molar-refractivity contribution is -0.384. The first-order valence-corrected chi connectivity index (χ1v) is 11.6. The van der Waals surface area contributed by atoms with Crippen molar-refractivity contribution in [3.63, 3.8) is 0 Å². The second-order valence-corrected chi connectivity index (χ2v) is 9.28. The maximum absolute atomic E-state index is 12.4. The number of anilines is 1. The van der Waals surface area contributed by atoms with Gasteiger partial charge in [0.15, 0.2) is 5.13 Å². The summed E-state index contributed by atoms with van der Waals surface area (Å²) in [5.74, 6) is -0.348. The van der Waals surface area contributed by atoms with Gasteiger partial charge in [-0.2, -0.15) is 0 Å². The molecule has 176 valence electrons. The van der Waals surface area contributed by atoms with Crippen LogP contribution in [0, 0.1) is 17.0 Å². The number of rotatable bonds is 9. The van der Waals surface area contributed by atoms with Crippen molar-refractivity contribution in [1.82, 2.24) is 4.98 Å². The fourth-order valence-corrected chi connectivity index (χ4v) is 4.93. The number of hydrogen-bond acceptors (Lipinski definition) is 7. The number of aliphatic carboxylic acids is 1. The molecule has 0 radical (unpaired) electrons. The Morgan fingerprint density at radius 2 is 2.03 bits per heavy atom. The highest BCUT2D eigenvalue weighted by molar-refractivity contribution is 7.15. The van der Waals surface area contributed by atoms with Gasteiger partial charge in [-0.05, 0) is 61.1 Å². The summed E-state index contributed by atoms with van der Waals surface area (Å²) in [6.45, 7) is 2.34. The third kappa shape index (κ3) is 5.40. The lowest BCUT2D eigenvalue weighted by Gasteiger charge is -2.10. The lowest BCUT2D eigenvalue weighted by Crippen LogP contribution is -2.11. The van der Waals surface area contributed by atoms with E-state index in [1.54, 1.807) is 0 Å². The van der Waals surface area contributed by atoms with Crippen molar-refractivity contribution in [2.24, 2.45) is 0 Å². The van der Waals surface area contributed by atoms with Crippen molar-refractivity contribution in [3.05, 3.63) is 79.8 Å². The van der Waals surface area contributed by atoms with Crippen molar-refractivity contribution >= 4 is 34.0 Å². The number of carboxylic acids is 1. The molecule has 0 saturated heterocycles. The van der Waals surface area contributed by atoms with Gasteiger partial charge in [-0.1, -0.05) is 6.07 Å². The molecule has 0 bridgehead atoms. The molecule has 1 aromatic heterocycles. The number of nitrogens with one attached hydrogen (secondary N) is 1. The number of amides is 1. The van der Waals surface area contributed by atoms with Crippen LogP contribution in [0.3, 0.4) is 0 Å². The topological polar surface area (TPSA) is 132 Å². The Kier molecular flexibility index (Phi) is 6.87. The monoisotopic (exact) mass is 481 g/mol. The minimum atomic E-state index is -0.778. The second-order valence-electron chi connectivity index (χ2n) is 8.07. The minimum absolute atomic E-state index is 0.0684. The molecule has 10 heteroatoms. The van der Waals surface area contributed by atoms with Gasteiger partial charge in [-0.15, -0.1) is 11.3 Å². The molecule has 1 atom stereocenters. The van der Waals surface area contributed by atoms with E-state index in [1.165, 1.54) is 35.6 Å². The van der Waals surface area contributed by atoms with E-state index in [4.69, 9.17) is 9.84 Å². The maximum atomic E-state index is 12.4. The predicted octanol–water partition coefficient (Wildman–Crippen LogP) is 4.74. The number of nitro benzene ring substituents is 1. The van der Waals surface area contributed by atoms with Crippen LogP contribution in [0.2, 0.25) is 0 Å². The van der Waals surface area contributed by atoms with Gasteiger partial charge in [0.2, 0.25) is 0 Å². The zero-order valence-electron chi connectivity index (χ0n) is 18.4. The number of ether oxygens (including phenoxy) is 1. The summed E-state index contributed by atoms with van der Waals surface area (Å²) in [5.41, 5.74) is 3.30. The number of hydrogen-bond donors (Lipinski definition) is 2. The van der Waals surface area contributed by atoms with E-state index in [1.807, 2.05) is 25.1 Å². The summed E-state index contributed by atoms with van der Waals surface area (Å²) in [7, 11) is 0. The van der Waals surface area contributed by atoms with E-state index in [2.05, 4.69) is 10.3 Å². The molecule has 2 aromatic carbocycles. The molecule has 1 amide bonds. The van der Waals surface area contributed by atoms with Gasteiger partial charge in [0.05, 0.1) is 23.6 Å². The number of nitro groups is 1.